The van der Waals surface area contributed by atoms with Crippen molar-refractivity contribution >= 4 is 46.3 Å². The van der Waals surface area contributed by atoms with Crippen LogP contribution in [0.5, 0.6) is 0 Å². The molecule has 8 nitrogen and oxygen atoms in total. The number of nitrogens with zero attached hydrogens (tertiary/aromatic N) is 3. The Bertz CT molecular complexity index is 1500. The van der Waals surface area contributed by atoms with Crippen molar-refractivity contribution in [1.29, 1.82) is 0 Å². The molecule has 0 atom stereocenters. The normalized spacial score (nSPS) is 10.6. The molecule has 1 amide bonds. The van der Waals surface area contributed by atoms with Crippen LogP contribution in [-0.2, 0) is 17.8 Å². The highest BCUT2D eigenvalue weighted by atomic mass is 35.5. The van der Waals surface area contributed by atoms with Crippen molar-refractivity contribution in [1.82, 2.24) is 14.9 Å². The van der Waals surface area contributed by atoms with Crippen LogP contribution in [0.15, 0.2) is 89.6 Å². The predicted octanol–water partition coefficient (Wildman–Crippen LogP) is 6.56. The van der Waals surface area contributed by atoms with Crippen LogP contribution >= 0.6 is 11.6 Å². The van der Waals surface area contributed by atoms with Gasteiger partial charge in [0.1, 0.15) is 22.6 Å². The van der Waals surface area contributed by atoms with E-state index in [1.165, 1.54) is 11.9 Å². The maximum atomic E-state index is 10.5. The first-order chi connectivity index (χ1) is 19.5. The Hall–Kier alpha value is -4.40. The second-order valence-electron chi connectivity index (χ2n) is 9.33. The number of furan rings is 1. The number of nitrogens with one attached hydrogen (secondary N) is 3. The van der Waals surface area contributed by atoms with E-state index in [0.29, 0.717) is 40.7 Å². The first-order valence-corrected chi connectivity index (χ1v) is 13.3. The summed E-state index contributed by atoms with van der Waals surface area (Å²) in [6.45, 7) is 1.67. The van der Waals surface area contributed by atoms with E-state index in [1.807, 2.05) is 61.6 Å². The van der Waals surface area contributed by atoms with Crippen LogP contribution < -0.4 is 16.0 Å². The molecule has 0 fully saturated rings. The van der Waals surface area contributed by atoms with Crippen LogP contribution in [0.2, 0.25) is 5.02 Å². The smallest absolute Gasteiger partial charge is 0.233 e. The number of hydrogen-bond acceptors (Lipinski definition) is 7. The Labute approximate surface area is 239 Å². The zero-order valence-corrected chi connectivity index (χ0v) is 23.6. The molecule has 0 saturated heterocycles. The molecule has 0 unspecified atom stereocenters. The summed E-state index contributed by atoms with van der Waals surface area (Å²) < 4.78 is 5.87. The molecule has 0 aliphatic heterocycles. The van der Waals surface area contributed by atoms with Crippen LogP contribution in [-0.4, -0.2) is 49.0 Å². The van der Waals surface area contributed by atoms with Gasteiger partial charge in [-0.15, -0.1) is 0 Å². The van der Waals surface area contributed by atoms with Gasteiger partial charge >= 0.3 is 0 Å². The van der Waals surface area contributed by atoms with E-state index in [9.17, 15) is 4.79 Å². The Balaban J connectivity index is 0.000000259. The van der Waals surface area contributed by atoms with Gasteiger partial charge in [-0.1, -0.05) is 66.2 Å². The lowest BCUT2D eigenvalue weighted by Gasteiger charge is -2.09. The molecule has 40 heavy (non-hydrogen) atoms. The number of carbonyl (C=O) groups excluding carboxylic acids is 1. The zero-order valence-electron chi connectivity index (χ0n) is 22.8. The molecule has 5 aromatic rings. The molecule has 2 heterocycles. The predicted molar refractivity (Wildman–Crippen MR) is 164 cm³/mol. The average molecular weight is 557 g/mol. The molecule has 206 valence electrons. The van der Waals surface area contributed by atoms with Crippen molar-refractivity contribution in [3.8, 4) is 11.3 Å². The minimum atomic E-state index is 0.450. The third kappa shape index (κ3) is 7.59. The average Bonchev–Trinajstić information content (AvgIpc) is 3.32. The van der Waals surface area contributed by atoms with E-state index >= 15 is 0 Å². The second-order valence-corrected chi connectivity index (χ2v) is 9.71. The van der Waals surface area contributed by atoms with E-state index in [1.54, 1.807) is 0 Å². The van der Waals surface area contributed by atoms with Gasteiger partial charge in [0.25, 0.3) is 0 Å². The number of rotatable bonds is 10. The molecule has 0 saturated carbocycles. The van der Waals surface area contributed by atoms with Crippen LogP contribution in [0.3, 0.4) is 0 Å². The van der Waals surface area contributed by atoms with E-state index in [2.05, 4.69) is 69.2 Å². The lowest BCUT2D eigenvalue weighted by Crippen LogP contribution is -2.10. The molecule has 0 aliphatic rings. The first kappa shape index (κ1) is 28.6. The van der Waals surface area contributed by atoms with E-state index < -0.39 is 0 Å². The Morgan fingerprint density at radius 3 is 2.23 bits per heavy atom. The summed E-state index contributed by atoms with van der Waals surface area (Å²) in [6.07, 6.45) is 2.91. The third-order valence-corrected chi connectivity index (χ3v) is 6.45. The maximum Gasteiger partial charge on any atom is 0.233 e. The fourth-order valence-corrected chi connectivity index (χ4v) is 4.43. The van der Waals surface area contributed by atoms with Gasteiger partial charge in [0.15, 0.2) is 5.76 Å². The highest BCUT2D eigenvalue weighted by molar-refractivity contribution is 6.38. The fraction of sp³-hybridized carbons (Fsp3) is 0.194. The third-order valence-electron chi connectivity index (χ3n) is 6.09. The molecule has 5 rings (SSSR count). The Morgan fingerprint density at radius 2 is 1.57 bits per heavy atom. The maximum absolute atomic E-state index is 10.5. The van der Waals surface area contributed by atoms with Crippen molar-refractivity contribution < 1.29 is 9.21 Å². The number of anilines is 3. The highest BCUT2D eigenvalue weighted by Gasteiger charge is 2.18. The summed E-state index contributed by atoms with van der Waals surface area (Å²) in [5.41, 5.74) is 5.75. The lowest BCUT2D eigenvalue weighted by molar-refractivity contribution is -0.105. The molecule has 3 N–H and O–H groups in total. The number of aromatic nitrogens is 2. The molecule has 2 aromatic heterocycles. The highest BCUT2D eigenvalue weighted by Crippen LogP contribution is 2.39. The molecule has 0 aliphatic carbocycles. The van der Waals surface area contributed by atoms with E-state index in [4.69, 9.17) is 16.0 Å². The molecule has 0 spiro atoms. The number of amides is 1. The van der Waals surface area contributed by atoms with Crippen LogP contribution in [0, 0.1) is 0 Å². The summed E-state index contributed by atoms with van der Waals surface area (Å²) >= 11 is 6.59. The van der Waals surface area contributed by atoms with Gasteiger partial charge < -0.3 is 25.3 Å². The lowest BCUT2D eigenvalue weighted by atomic mass is 10.1. The molecular weight excluding hydrogens is 524 g/mol. The fourth-order valence-electron chi connectivity index (χ4n) is 4.11. The Morgan fingerprint density at radius 1 is 0.900 bits per heavy atom. The SMILES string of the molecule is CNc1ccc(CN(C)C)cc1.O=CNc1ccc(CCNc2ncnc3oc(-c4ccccc4)c(Cl)c23)cc1. The minimum Gasteiger partial charge on any atom is -0.436 e. The quantitative estimate of drug-likeness (QED) is 0.168. The summed E-state index contributed by atoms with van der Waals surface area (Å²) in [7, 11) is 6.08. The van der Waals surface area contributed by atoms with Gasteiger partial charge in [-0.3, -0.25) is 4.79 Å². The monoisotopic (exact) mass is 556 g/mol. The topological polar surface area (TPSA) is 95.3 Å². The van der Waals surface area contributed by atoms with Gasteiger partial charge in [0.2, 0.25) is 12.1 Å². The van der Waals surface area contributed by atoms with E-state index in [-0.39, 0.29) is 0 Å². The molecule has 0 bridgehead atoms. The number of hydrogen-bond donors (Lipinski definition) is 3. The van der Waals surface area contributed by atoms with Crippen LogP contribution in [0.25, 0.3) is 22.4 Å². The zero-order chi connectivity index (χ0) is 28.3. The number of fused-ring (bicyclic) bond motifs is 1. The van der Waals surface area contributed by atoms with Crippen LogP contribution in [0.4, 0.5) is 17.2 Å². The molecular formula is C31H33ClN6O2. The van der Waals surface area contributed by atoms with E-state index in [0.717, 1.165) is 35.5 Å². The van der Waals surface area contributed by atoms with Crippen LogP contribution in [0.1, 0.15) is 11.1 Å². The second kappa shape index (κ2) is 14.1. The van der Waals surface area contributed by atoms with Crippen molar-refractivity contribution in [3.63, 3.8) is 0 Å². The number of benzene rings is 3. The van der Waals surface area contributed by atoms with Gasteiger partial charge in [-0.25, -0.2) is 9.97 Å². The van der Waals surface area contributed by atoms with Crippen molar-refractivity contribution in [2.24, 2.45) is 0 Å². The largest absolute Gasteiger partial charge is 0.436 e. The van der Waals surface area contributed by atoms with Gasteiger partial charge in [0.05, 0.1) is 0 Å². The molecule has 9 heteroatoms. The van der Waals surface area contributed by atoms with Gasteiger partial charge in [-0.2, -0.15) is 0 Å². The number of carbonyl (C=O) groups is 1. The summed E-state index contributed by atoms with van der Waals surface area (Å²) in [5, 5.41) is 10.2. The summed E-state index contributed by atoms with van der Waals surface area (Å²) in [5.74, 6) is 1.22. The summed E-state index contributed by atoms with van der Waals surface area (Å²) in [6, 6.07) is 25.8. The minimum absolute atomic E-state index is 0.450. The first-order valence-electron chi connectivity index (χ1n) is 12.9. The standard InChI is InChI=1S/C21H17ClN4O2.C10H16N2/c22-18-17-20(23-11-10-14-6-8-16(9-7-14)26-13-27)24-12-25-21(17)28-19(18)15-4-2-1-3-5-15;1-11-10-6-4-9(5-7-10)8-12(2)3/h1-9,12-13H,10-11H2,(H,26,27)(H,23,24,25);4-7,11H,8H2,1-3H3. The molecule has 0 radical (unpaired) electrons. The molecule has 3 aromatic carbocycles. The van der Waals surface area contributed by atoms with Gasteiger partial charge in [0, 0.05) is 37.1 Å². The van der Waals surface area contributed by atoms with Crippen molar-refractivity contribution in [3.05, 3.63) is 101 Å². The summed E-state index contributed by atoms with van der Waals surface area (Å²) in [4.78, 5) is 21.2. The Kier molecular flexibility index (Phi) is 10.1. The number of halogens is 1. The van der Waals surface area contributed by atoms with Crippen molar-refractivity contribution in [2.45, 2.75) is 13.0 Å². The van der Waals surface area contributed by atoms with Crippen molar-refractivity contribution in [2.75, 3.05) is 43.6 Å². The van der Waals surface area contributed by atoms with Gasteiger partial charge in [-0.05, 0) is 55.9 Å².